The Hall–Kier alpha value is -1.86. The van der Waals surface area contributed by atoms with Crippen molar-refractivity contribution in [3.05, 3.63) is 35.2 Å². The third-order valence-corrected chi connectivity index (χ3v) is 2.35. The maximum absolute atomic E-state index is 8.43. The largest absolute Gasteiger partial charge is 0.421 e. The molecule has 0 fully saturated rings. The Morgan fingerprint density at radius 3 is 2.88 bits per heavy atom. The second-order valence-corrected chi connectivity index (χ2v) is 3.55. The van der Waals surface area contributed by atoms with Crippen molar-refractivity contribution in [2.45, 2.75) is 12.8 Å². The number of nitrogens with zero attached hydrogens (tertiary/aromatic N) is 3. The number of rotatable bonds is 3. The van der Waals surface area contributed by atoms with Crippen LogP contribution < -0.4 is 0 Å². The molecule has 0 aliphatic carbocycles. The summed E-state index contributed by atoms with van der Waals surface area (Å²) in [6.07, 6.45) is 0.831. The summed E-state index contributed by atoms with van der Waals surface area (Å²) in [6, 6.07) is 9.27. The minimum absolute atomic E-state index is 0.365. The Kier molecular flexibility index (Phi) is 3.18. The van der Waals surface area contributed by atoms with E-state index in [0.717, 1.165) is 0 Å². The van der Waals surface area contributed by atoms with Crippen LogP contribution in [0.2, 0.25) is 5.02 Å². The Balaban J connectivity index is 2.26. The molecule has 0 saturated carbocycles. The second-order valence-electron chi connectivity index (χ2n) is 3.14. The molecular weight excluding hydrogens is 226 g/mol. The molecule has 2 aromatic rings. The predicted octanol–water partition coefficient (Wildman–Crippen LogP) is 2.85. The van der Waals surface area contributed by atoms with Gasteiger partial charge in [-0.15, -0.1) is 10.2 Å². The molecule has 0 bridgehead atoms. The van der Waals surface area contributed by atoms with Crippen LogP contribution in [0.25, 0.3) is 11.5 Å². The normalized spacial score (nSPS) is 10.0. The van der Waals surface area contributed by atoms with Gasteiger partial charge in [0.15, 0.2) is 0 Å². The zero-order valence-electron chi connectivity index (χ0n) is 8.35. The first-order valence-corrected chi connectivity index (χ1v) is 5.13. The molecule has 0 spiro atoms. The van der Waals surface area contributed by atoms with Crippen LogP contribution in [0.15, 0.2) is 28.7 Å². The first kappa shape index (κ1) is 10.7. The van der Waals surface area contributed by atoms with Crippen molar-refractivity contribution in [3.63, 3.8) is 0 Å². The van der Waals surface area contributed by atoms with Crippen LogP contribution in [0, 0.1) is 11.3 Å². The van der Waals surface area contributed by atoms with Gasteiger partial charge in [-0.05, 0) is 12.1 Å². The van der Waals surface area contributed by atoms with Crippen molar-refractivity contribution < 1.29 is 4.42 Å². The molecule has 80 valence electrons. The molecule has 0 aliphatic heterocycles. The van der Waals surface area contributed by atoms with E-state index in [0.29, 0.717) is 35.2 Å². The molecule has 1 heterocycles. The van der Waals surface area contributed by atoms with E-state index in [1.165, 1.54) is 0 Å². The third kappa shape index (κ3) is 2.20. The lowest BCUT2D eigenvalue weighted by Gasteiger charge is -1.96. The summed E-state index contributed by atoms with van der Waals surface area (Å²) in [5.41, 5.74) is 0.708. The van der Waals surface area contributed by atoms with E-state index in [1.807, 2.05) is 24.3 Å². The monoisotopic (exact) mass is 233 g/mol. The van der Waals surface area contributed by atoms with Gasteiger partial charge in [-0.1, -0.05) is 23.7 Å². The highest BCUT2D eigenvalue weighted by Crippen LogP contribution is 2.26. The molecule has 0 atom stereocenters. The summed E-state index contributed by atoms with van der Waals surface area (Å²) < 4.78 is 5.39. The molecular formula is C11H8ClN3O. The second kappa shape index (κ2) is 4.77. The lowest BCUT2D eigenvalue weighted by Crippen LogP contribution is -1.82. The van der Waals surface area contributed by atoms with Crippen molar-refractivity contribution >= 4 is 11.6 Å². The average molecular weight is 234 g/mol. The number of aryl methyl sites for hydroxylation is 1. The molecule has 16 heavy (non-hydrogen) atoms. The van der Waals surface area contributed by atoms with E-state index in [4.69, 9.17) is 21.3 Å². The summed E-state index contributed by atoms with van der Waals surface area (Å²) in [5.74, 6) is 0.843. The molecule has 5 heteroatoms. The Labute approximate surface area is 97.5 Å². The van der Waals surface area contributed by atoms with Gasteiger partial charge in [0, 0.05) is 12.8 Å². The molecule has 0 unspecified atom stereocenters. The smallest absolute Gasteiger partial charge is 0.249 e. The maximum atomic E-state index is 8.43. The predicted molar refractivity (Wildman–Crippen MR) is 58.7 cm³/mol. The lowest BCUT2D eigenvalue weighted by molar-refractivity contribution is 0.507. The fraction of sp³-hybridized carbons (Fsp3) is 0.182. The number of aromatic nitrogens is 2. The van der Waals surface area contributed by atoms with E-state index in [-0.39, 0.29) is 0 Å². The zero-order chi connectivity index (χ0) is 11.4. The molecule has 0 aliphatic rings. The van der Waals surface area contributed by atoms with Gasteiger partial charge in [0.2, 0.25) is 11.8 Å². The highest BCUT2D eigenvalue weighted by Gasteiger charge is 2.10. The van der Waals surface area contributed by atoms with Crippen LogP contribution in [0.5, 0.6) is 0 Å². The molecule has 0 N–H and O–H groups in total. The summed E-state index contributed by atoms with van der Waals surface area (Å²) in [7, 11) is 0. The Morgan fingerprint density at radius 1 is 1.31 bits per heavy atom. The summed E-state index contributed by atoms with van der Waals surface area (Å²) in [5, 5.41) is 16.7. The van der Waals surface area contributed by atoms with Crippen molar-refractivity contribution in [2.24, 2.45) is 0 Å². The van der Waals surface area contributed by atoms with Gasteiger partial charge < -0.3 is 4.42 Å². The van der Waals surface area contributed by atoms with Gasteiger partial charge in [-0.2, -0.15) is 5.26 Å². The van der Waals surface area contributed by atoms with Crippen molar-refractivity contribution in [2.75, 3.05) is 0 Å². The van der Waals surface area contributed by atoms with Crippen LogP contribution >= 0.6 is 11.6 Å². The molecule has 0 saturated heterocycles. The fourth-order valence-corrected chi connectivity index (χ4v) is 1.48. The Bertz CT molecular complexity index is 530. The summed E-state index contributed by atoms with van der Waals surface area (Å²) in [4.78, 5) is 0. The summed E-state index contributed by atoms with van der Waals surface area (Å²) >= 11 is 5.99. The minimum atomic E-state index is 0.365. The van der Waals surface area contributed by atoms with E-state index >= 15 is 0 Å². The van der Waals surface area contributed by atoms with Gasteiger partial charge in [0.1, 0.15) is 0 Å². The SMILES string of the molecule is N#CCCc1nnc(-c2ccccc2Cl)o1. The van der Waals surface area contributed by atoms with Crippen molar-refractivity contribution in [3.8, 4) is 17.5 Å². The van der Waals surface area contributed by atoms with Gasteiger partial charge in [0.25, 0.3) is 0 Å². The number of benzene rings is 1. The molecule has 0 radical (unpaired) electrons. The topological polar surface area (TPSA) is 62.7 Å². The molecule has 2 rings (SSSR count). The maximum Gasteiger partial charge on any atom is 0.249 e. The van der Waals surface area contributed by atoms with Gasteiger partial charge in [-0.25, -0.2) is 0 Å². The van der Waals surface area contributed by atoms with E-state index in [1.54, 1.807) is 6.07 Å². The number of nitriles is 1. The Morgan fingerprint density at radius 2 is 2.12 bits per heavy atom. The molecule has 0 amide bonds. The minimum Gasteiger partial charge on any atom is -0.421 e. The van der Waals surface area contributed by atoms with Crippen LogP contribution in [-0.4, -0.2) is 10.2 Å². The van der Waals surface area contributed by atoms with Gasteiger partial charge >= 0.3 is 0 Å². The standard InChI is InChI=1S/C11H8ClN3O/c12-9-5-2-1-4-8(9)11-15-14-10(16-11)6-3-7-13/h1-2,4-5H,3,6H2. The van der Waals surface area contributed by atoms with Crippen LogP contribution in [-0.2, 0) is 6.42 Å². The first-order valence-electron chi connectivity index (χ1n) is 4.75. The highest BCUT2D eigenvalue weighted by molar-refractivity contribution is 6.33. The van der Waals surface area contributed by atoms with E-state index in [9.17, 15) is 0 Å². The molecule has 4 nitrogen and oxygen atoms in total. The number of halogens is 1. The quantitative estimate of drug-likeness (QED) is 0.818. The first-order chi connectivity index (χ1) is 7.81. The molecule has 1 aromatic carbocycles. The average Bonchev–Trinajstić information content (AvgIpc) is 2.75. The van der Waals surface area contributed by atoms with E-state index in [2.05, 4.69) is 10.2 Å². The van der Waals surface area contributed by atoms with Gasteiger partial charge in [0.05, 0.1) is 16.7 Å². The van der Waals surface area contributed by atoms with Crippen molar-refractivity contribution in [1.29, 1.82) is 5.26 Å². The van der Waals surface area contributed by atoms with Crippen LogP contribution in [0.1, 0.15) is 12.3 Å². The number of hydrogen-bond donors (Lipinski definition) is 0. The number of hydrogen-bond acceptors (Lipinski definition) is 4. The van der Waals surface area contributed by atoms with Crippen LogP contribution in [0.4, 0.5) is 0 Å². The third-order valence-electron chi connectivity index (χ3n) is 2.02. The van der Waals surface area contributed by atoms with Gasteiger partial charge in [-0.3, -0.25) is 0 Å². The highest BCUT2D eigenvalue weighted by atomic mass is 35.5. The fourth-order valence-electron chi connectivity index (χ4n) is 1.26. The van der Waals surface area contributed by atoms with E-state index < -0.39 is 0 Å². The van der Waals surface area contributed by atoms with Crippen LogP contribution in [0.3, 0.4) is 0 Å². The summed E-state index contributed by atoms with van der Waals surface area (Å²) in [6.45, 7) is 0. The lowest BCUT2D eigenvalue weighted by atomic mass is 10.2. The zero-order valence-corrected chi connectivity index (χ0v) is 9.11. The molecule has 1 aromatic heterocycles. The van der Waals surface area contributed by atoms with Crippen molar-refractivity contribution in [1.82, 2.24) is 10.2 Å².